The van der Waals surface area contributed by atoms with Crippen molar-refractivity contribution >= 4 is 17.2 Å². The molecule has 0 radical (unpaired) electrons. The molecule has 1 N–H and O–H groups in total. The van der Waals surface area contributed by atoms with E-state index in [9.17, 15) is 31.1 Å². The zero-order valence-electron chi connectivity index (χ0n) is 15.2. The van der Waals surface area contributed by atoms with Gasteiger partial charge in [0, 0.05) is 17.5 Å². The Labute approximate surface area is 164 Å². The Morgan fingerprint density at radius 3 is 2.53 bits per heavy atom. The minimum atomic E-state index is -4.69. The third kappa shape index (κ3) is 3.71. The average molecular weight is 432 g/mol. The summed E-state index contributed by atoms with van der Waals surface area (Å²) in [6.07, 6.45) is -5.82. The van der Waals surface area contributed by atoms with Gasteiger partial charge in [-0.15, -0.1) is 0 Å². The first-order valence-electron chi connectivity index (χ1n) is 8.90. The van der Waals surface area contributed by atoms with Gasteiger partial charge in [0.05, 0.1) is 11.3 Å². The molecule has 1 aliphatic rings. The van der Waals surface area contributed by atoms with Crippen LogP contribution < -0.4 is 5.32 Å². The molecular formula is C17H14F6N6O. The van der Waals surface area contributed by atoms with Gasteiger partial charge in [0.25, 0.3) is 0 Å². The average Bonchev–Trinajstić information content (AvgIpc) is 3.26. The lowest BCUT2D eigenvalue weighted by Gasteiger charge is -2.15. The van der Waals surface area contributed by atoms with Gasteiger partial charge in [-0.1, -0.05) is 0 Å². The Morgan fingerprint density at radius 1 is 1.10 bits per heavy atom. The van der Waals surface area contributed by atoms with Gasteiger partial charge in [-0.3, -0.25) is 9.48 Å². The number of nitrogens with zero attached hydrogens (tertiary/aromatic N) is 5. The van der Waals surface area contributed by atoms with E-state index in [1.54, 1.807) is 0 Å². The molecule has 0 aliphatic heterocycles. The van der Waals surface area contributed by atoms with Crippen LogP contribution in [0.2, 0.25) is 0 Å². The highest BCUT2D eigenvalue weighted by atomic mass is 19.4. The van der Waals surface area contributed by atoms with Gasteiger partial charge >= 0.3 is 12.4 Å². The molecule has 1 aliphatic carbocycles. The van der Waals surface area contributed by atoms with E-state index in [1.165, 1.54) is 0 Å². The number of halogens is 6. The van der Waals surface area contributed by atoms with E-state index in [1.807, 2.05) is 0 Å². The zero-order chi connectivity index (χ0) is 21.7. The molecule has 0 saturated heterocycles. The fraction of sp³-hybridized carbons (Fsp3) is 0.412. The molecule has 3 aromatic rings. The number of hydrogen-bond donors (Lipinski definition) is 1. The number of carbonyl (C=O) groups is 1. The minimum Gasteiger partial charge on any atom is -0.321 e. The molecule has 3 heterocycles. The molecule has 0 fully saturated rings. The lowest BCUT2D eigenvalue weighted by atomic mass is 9.95. The molecule has 7 nitrogen and oxygen atoms in total. The summed E-state index contributed by atoms with van der Waals surface area (Å²) < 4.78 is 80.9. The van der Waals surface area contributed by atoms with E-state index < -0.39 is 36.1 Å². The van der Waals surface area contributed by atoms with E-state index in [-0.39, 0.29) is 23.3 Å². The summed E-state index contributed by atoms with van der Waals surface area (Å²) >= 11 is 0. The maximum atomic E-state index is 13.3. The van der Waals surface area contributed by atoms with Gasteiger partial charge in [0.2, 0.25) is 5.91 Å². The maximum Gasteiger partial charge on any atom is 0.435 e. The second kappa shape index (κ2) is 6.99. The van der Waals surface area contributed by atoms with Crippen molar-refractivity contribution in [2.45, 2.75) is 44.6 Å². The predicted molar refractivity (Wildman–Crippen MR) is 90.5 cm³/mol. The third-order valence-corrected chi connectivity index (χ3v) is 4.80. The summed E-state index contributed by atoms with van der Waals surface area (Å²) in [5, 5.41) is 9.50. The van der Waals surface area contributed by atoms with Crippen molar-refractivity contribution in [1.29, 1.82) is 0 Å². The van der Waals surface area contributed by atoms with Crippen molar-refractivity contribution in [3.63, 3.8) is 0 Å². The summed E-state index contributed by atoms with van der Waals surface area (Å²) in [6.45, 7) is -0.574. The van der Waals surface area contributed by atoms with E-state index in [0.29, 0.717) is 31.0 Å². The molecular weight excluding hydrogens is 418 g/mol. The number of rotatable bonds is 3. The number of fused-ring (bicyclic) bond motifs is 2. The first-order valence-corrected chi connectivity index (χ1v) is 8.90. The van der Waals surface area contributed by atoms with Crippen LogP contribution in [-0.2, 0) is 36.5 Å². The molecule has 0 bridgehead atoms. The van der Waals surface area contributed by atoms with E-state index in [0.717, 1.165) is 21.7 Å². The van der Waals surface area contributed by atoms with Crippen molar-refractivity contribution in [3.8, 4) is 0 Å². The Bertz CT molecular complexity index is 1110. The largest absolute Gasteiger partial charge is 0.435 e. The van der Waals surface area contributed by atoms with E-state index >= 15 is 0 Å². The molecule has 4 rings (SSSR count). The number of alkyl halides is 6. The maximum absolute atomic E-state index is 13.3. The lowest BCUT2D eigenvalue weighted by molar-refractivity contribution is -0.142. The second-order valence-corrected chi connectivity index (χ2v) is 6.85. The highest BCUT2D eigenvalue weighted by molar-refractivity contribution is 5.94. The highest BCUT2D eigenvalue weighted by Crippen LogP contribution is 2.36. The summed E-state index contributed by atoms with van der Waals surface area (Å²) in [5.74, 6) is -0.830. The summed E-state index contributed by atoms with van der Waals surface area (Å²) in [7, 11) is 0. The summed E-state index contributed by atoms with van der Waals surface area (Å²) in [5.41, 5.74) is -1.99. The summed E-state index contributed by atoms with van der Waals surface area (Å²) in [6, 6.07) is 0.696. The van der Waals surface area contributed by atoms with Gasteiger partial charge in [-0.05, 0) is 31.7 Å². The molecule has 0 atom stereocenters. The molecule has 0 spiro atoms. The molecule has 160 valence electrons. The predicted octanol–water partition coefficient (Wildman–Crippen LogP) is 3.48. The Balaban J connectivity index is 1.64. The van der Waals surface area contributed by atoms with Crippen LogP contribution in [0.4, 0.5) is 32.0 Å². The smallest absolute Gasteiger partial charge is 0.321 e. The normalized spacial score (nSPS) is 14.7. The lowest BCUT2D eigenvalue weighted by Crippen LogP contribution is -2.22. The zero-order valence-corrected chi connectivity index (χ0v) is 15.2. The van der Waals surface area contributed by atoms with Crippen LogP contribution in [0, 0.1) is 0 Å². The standard InChI is InChI=1S/C17H14F6N6O/c18-16(19,20)9-5-11(15-24-8-25-29(15)6-9)26-13(30)7-28-12-4-2-1-3-10(12)14(27-28)17(21,22)23/h5-6,8H,1-4,7H2,(H,26,30). The molecule has 0 unspecified atom stereocenters. The quantitative estimate of drug-likeness (QED) is 0.643. The number of nitrogens with one attached hydrogen (secondary N) is 1. The number of anilines is 1. The van der Waals surface area contributed by atoms with Gasteiger partial charge in [0.1, 0.15) is 12.9 Å². The van der Waals surface area contributed by atoms with Crippen molar-refractivity contribution in [2.24, 2.45) is 0 Å². The van der Waals surface area contributed by atoms with Gasteiger partial charge < -0.3 is 5.32 Å². The molecule has 30 heavy (non-hydrogen) atoms. The van der Waals surface area contributed by atoms with Crippen LogP contribution in [0.3, 0.4) is 0 Å². The molecule has 0 saturated carbocycles. The second-order valence-electron chi connectivity index (χ2n) is 6.85. The Hall–Kier alpha value is -3.12. The van der Waals surface area contributed by atoms with Crippen molar-refractivity contribution in [1.82, 2.24) is 24.4 Å². The van der Waals surface area contributed by atoms with Gasteiger partial charge in [-0.2, -0.15) is 36.5 Å². The molecule has 13 heteroatoms. The summed E-state index contributed by atoms with van der Waals surface area (Å²) in [4.78, 5) is 16.3. The van der Waals surface area contributed by atoms with Crippen LogP contribution in [0.15, 0.2) is 18.6 Å². The molecule has 0 aromatic carbocycles. The number of carbonyl (C=O) groups excluding carboxylic acids is 1. The van der Waals surface area contributed by atoms with Crippen LogP contribution in [0.5, 0.6) is 0 Å². The first kappa shape index (κ1) is 20.2. The van der Waals surface area contributed by atoms with Gasteiger partial charge in [-0.25, -0.2) is 9.50 Å². The van der Waals surface area contributed by atoms with Crippen molar-refractivity contribution in [3.05, 3.63) is 41.1 Å². The topological polar surface area (TPSA) is 77.1 Å². The highest BCUT2D eigenvalue weighted by Gasteiger charge is 2.39. The fourth-order valence-corrected chi connectivity index (χ4v) is 3.53. The monoisotopic (exact) mass is 432 g/mol. The number of hydrogen-bond acceptors (Lipinski definition) is 4. The molecule has 1 amide bonds. The molecule has 3 aromatic heterocycles. The Kier molecular flexibility index (Phi) is 4.70. The Morgan fingerprint density at radius 2 is 1.83 bits per heavy atom. The number of amides is 1. The van der Waals surface area contributed by atoms with Gasteiger partial charge in [0.15, 0.2) is 11.3 Å². The van der Waals surface area contributed by atoms with Crippen LogP contribution in [0.25, 0.3) is 5.65 Å². The van der Waals surface area contributed by atoms with E-state index in [4.69, 9.17) is 0 Å². The minimum absolute atomic E-state index is 0.0326. The van der Waals surface area contributed by atoms with E-state index in [2.05, 4.69) is 20.5 Å². The van der Waals surface area contributed by atoms with Crippen molar-refractivity contribution in [2.75, 3.05) is 5.32 Å². The van der Waals surface area contributed by atoms with Crippen LogP contribution in [-0.4, -0.2) is 30.3 Å². The SMILES string of the molecule is O=C(Cn1nc(C(F)(F)F)c2c1CCCC2)Nc1cc(C(F)(F)F)cn2ncnc12. The van der Waals surface area contributed by atoms with Crippen molar-refractivity contribution < 1.29 is 31.1 Å². The van der Waals surface area contributed by atoms with Crippen LogP contribution >= 0.6 is 0 Å². The third-order valence-electron chi connectivity index (χ3n) is 4.80. The number of aromatic nitrogens is 5. The first-order chi connectivity index (χ1) is 14.0. The number of pyridine rings is 1. The van der Waals surface area contributed by atoms with Crippen LogP contribution in [0.1, 0.15) is 35.4 Å². The fourth-order valence-electron chi connectivity index (χ4n) is 3.53.